The Bertz CT molecular complexity index is 926. The summed E-state index contributed by atoms with van der Waals surface area (Å²) in [6.07, 6.45) is 1.47. The van der Waals surface area contributed by atoms with Crippen molar-refractivity contribution in [3.8, 4) is 0 Å². The molecule has 0 saturated heterocycles. The van der Waals surface area contributed by atoms with Gasteiger partial charge in [-0.15, -0.1) is 0 Å². The summed E-state index contributed by atoms with van der Waals surface area (Å²) in [6.45, 7) is 1.54. The van der Waals surface area contributed by atoms with Crippen molar-refractivity contribution in [3.63, 3.8) is 0 Å². The standard InChI is InChI=1S/C20H18ClFN2O3/c1-11-6-17(21)13(10-25)7-18(11)24-20(27)16-9-23-19(26)8-15(16)12-2-4-14(22)5-3-12/h2-7,9,15,25H,8,10H2,1H3,(H,23,26)(H,24,27). The summed E-state index contributed by atoms with van der Waals surface area (Å²) in [7, 11) is 0. The van der Waals surface area contributed by atoms with E-state index in [1.807, 2.05) is 0 Å². The molecule has 1 heterocycles. The second-order valence-corrected chi connectivity index (χ2v) is 6.75. The first kappa shape index (κ1) is 19.1. The quantitative estimate of drug-likeness (QED) is 0.751. The molecule has 0 fully saturated rings. The van der Waals surface area contributed by atoms with Crippen LogP contribution in [0.25, 0.3) is 0 Å². The number of amides is 2. The van der Waals surface area contributed by atoms with E-state index in [1.165, 1.54) is 18.3 Å². The maximum absolute atomic E-state index is 13.2. The number of hydrogen-bond acceptors (Lipinski definition) is 3. The van der Waals surface area contributed by atoms with Gasteiger partial charge in [0.2, 0.25) is 5.91 Å². The second kappa shape index (κ2) is 7.90. The SMILES string of the molecule is Cc1cc(Cl)c(CO)cc1NC(=O)C1=CNC(=O)CC1c1ccc(F)cc1. The topological polar surface area (TPSA) is 78.4 Å². The van der Waals surface area contributed by atoms with Gasteiger partial charge in [-0.05, 0) is 47.9 Å². The maximum Gasteiger partial charge on any atom is 0.253 e. The van der Waals surface area contributed by atoms with Gasteiger partial charge in [-0.1, -0.05) is 23.7 Å². The molecule has 1 aliphatic heterocycles. The Labute approximate surface area is 160 Å². The summed E-state index contributed by atoms with van der Waals surface area (Å²) < 4.78 is 13.2. The van der Waals surface area contributed by atoms with Crippen LogP contribution in [0, 0.1) is 12.7 Å². The molecule has 5 nitrogen and oxygen atoms in total. The van der Waals surface area contributed by atoms with Gasteiger partial charge in [0, 0.05) is 34.8 Å². The van der Waals surface area contributed by atoms with Crippen LogP contribution in [-0.2, 0) is 16.2 Å². The largest absolute Gasteiger partial charge is 0.392 e. The summed E-state index contributed by atoms with van der Waals surface area (Å²) in [4.78, 5) is 24.7. The molecule has 2 aromatic rings. The van der Waals surface area contributed by atoms with Crippen LogP contribution < -0.4 is 10.6 Å². The van der Waals surface area contributed by atoms with E-state index in [9.17, 15) is 19.1 Å². The summed E-state index contributed by atoms with van der Waals surface area (Å²) in [5.74, 6) is -1.48. The molecule has 140 valence electrons. The number of aliphatic hydroxyl groups is 1. The fourth-order valence-corrected chi connectivity index (χ4v) is 3.28. The minimum absolute atomic E-state index is 0.0897. The van der Waals surface area contributed by atoms with Crippen molar-refractivity contribution in [2.75, 3.05) is 5.32 Å². The van der Waals surface area contributed by atoms with E-state index < -0.39 is 11.8 Å². The number of carbonyl (C=O) groups excluding carboxylic acids is 2. The molecule has 27 heavy (non-hydrogen) atoms. The molecule has 0 aliphatic carbocycles. The van der Waals surface area contributed by atoms with Gasteiger partial charge in [0.1, 0.15) is 5.82 Å². The maximum atomic E-state index is 13.2. The Hall–Kier alpha value is -2.70. The van der Waals surface area contributed by atoms with Crippen LogP contribution in [0.15, 0.2) is 48.2 Å². The first-order valence-electron chi connectivity index (χ1n) is 8.35. The van der Waals surface area contributed by atoms with Crippen LogP contribution in [0.3, 0.4) is 0 Å². The van der Waals surface area contributed by atoms with Crippen molar-refractivity contribution in [1.82, 2.24) is 5.32 Å². The van der Waals surface area contributed by atoms with Crippen LogP contribution in [0.1, 0.15) is 29.0 Å². The van der Waals surface area contributed by atoms with Gasteiger partial charge < -0.3 is 15.7 Å². The van der Waals surface area contributed by atoms with E-state index in [-0.39, 0.29) is 24.8 Å². The van der Waals surface area contributed by atoms with Gasteiger partial charge in [0.25, 0.3) is 5.91 Å². The van der Waals surface area contributed by atoms with Gasteiger partial charge >= 0.3 is 0 Å². The number of hydrogen-bond donors (Lipinski definition) is 3. The predicted octanol–water partition coefficient (Wildman–Crippen LogP) is 3.41. The molecule has 0 spiro atoms. The van der Waals surface area contributed by atoms with E-state index in [2.05, 4.69) is 10.6 Å². The average Bonchev–Trinajstić information content (AvgIpc) is 2.64. The fraction of sp³-hybridized carbons (Fsp3) is 0.200. The van der Waals surface area contributed by atoms with Crippen LogP contribution in [-0.4, -0.2) is 16.9 Å². The lowest BCUT2D eigenvalue weighted by Gasteiger charge is -2.24. The molecule has 0 aromatic heterocycles. The number of aliphatic hydroxyl groups excluding tert-OH is 1. The zero-order valence-corrected chi connectivity index (χ0v) is 15.3. The Morgan fingerprint density at radius 2 is 2.04 bits per heavy atom. The number of aryl methyl sites for hydroxylation is 1. The zero-order valence-electron chi connectivity index (χ0n) is 14.6. The number of halogens is 2. The van der Waals surface area contributed by atoms with Crippen molar-refractivity contribution < 1.29 is 19.1 Å². The minimum atomic E-state index is -0.482. The monoisotopic (exact) mass is 388 g/mol. The first-order chi connectivity index (χ1) is 12.9. The summed E-state index contributed by atoms with van der Waals surface area (Å²) >= 11 is 6.06. The molecule has 2 amide bonds. The van der Waals surface area contributed by atoms with Crippen molar-refractivity contribution in [1.29, 1.82) is 0 Å². The Balaban J connectivity index is 1.90. The highest BCUT2D eigenvalue weighted by Crippen LogP contribution is 2.32. The van der Waals surface area contributed by atoms with Crippen LogP contribution >= 0.6 is 11.6 Å². The van der Waals surface area contributed by atoms with Gasteiger partial charge in [-0.25, -0.2) is 4.39 Å². The third kappa shape index (κ3) is 4.18. The Kier molecular flexibility index (Phi) is 5.58. The van der Waals surface area contributed by atoms with Gasteiger partial charge in [-0.3, -0.25) is 9.59 Å². The average molecular weight is 389 g/mol. The van der Waals surface area contributed by atoms with Gasteiger partial charge in [0.15, 0.2) is 0 Å². The lowest BCUT2D eigenvalue weighted by molar-refractivity contribution is -0.121. The summed E-state index contributed by atoms with van der Waals surface area (Å²) in [6, 6.07) is 9.01. The number of carbonyl (C=O) groups is 2. The first-order valence-corrected chi connectivity index (χ1v) is 8.73. The molecule has 1 aliphatic rings. The molecule has 0 saturated carbocycles. The molecule has 3 rings (SSSR count). The molecule has 3 N–H and O–H groups in total. The number of nitrogens with one attached hydrogen (secondary N) is 2. The zero-order chi connectivity index (χ0) is 19.6. The van der Waals surface area contributed by atoms with E-state index >= 15 is 0 Å². The van der Waals surface area contributed by atoms with E-state index in [0.29, 0.717) is 27.4 Å². The highest BCUT2D eigenvalue weighted by molar-refractivity contribution is 6.31. The van der Waals surface area contributed by atoms with Crippen molar-refractivity contribution in [2.45, 2.75) is 25.9 Å². The molecule has 0 bridgehead atoms. The van der Waals surface area contributed by atoms with Crippen molar-refractivity contribution >= 4 is 29.1 Å². The molecule has 7 heteroatoms. The number of rotatable bonds is 4. The van der Waals surface area contributed by atoms with Crippen LogP contribution in [0.5, 0.6) is 0 Å². The molecular formula is C20H18ClFN2O3. The second-order valence-electron chi connectivity index (χ2n) is 6.35. The molecule has 1 atom stereocenters. The van der Waals surface area contributed by atoms with Gasteiger partial charge in [-0.2, -0.15) is 0 Å². The summed E-state index contributed by atoms with van der Waals surface area (Å²) in [5, 5.41) is 15.2. The normalized spacial score (nSPS) is 16.5. The Morgan fingerprint density at radius 1 is 1.33 bits per heavy atom. The third-order valence-electron chi connectivity index (χ3n) is 4.50. The molecule has 0 radical (unpaired) electrons. The highest BCUT2D eigenvalue weighted by atomic mass is 35.5. The van der Waals surface area contributed by atoms with Gasteiger partial charge in [0.05, 0.1) is 6.61 Å². The lowest BCUT2D eigenvalue weighted by atomic mass is 9.86. The van der Waals surface area contributed by atoms with Crippen LogP contribution in [0.2, 0.25) is 5.02 Å². The predicted molar refractivity (Wildman–Crippen MR) is 101 cm³/mol. The third-order valence-corrected chi connectivity index (χ3v) is 4.85. The number of benzene rings is 2. The highest BCUT2D eigenvalue weighted by Gasteiger charge is 2.29. The van der Waals surface area contributed by atoms with Crippen LogP contribution in [0.4, 0.5) is 10.1 Å². The molecule has 1 unspecified atom stereocenters. The fourth-order valence-electron chi connectivity index (χ4n) is 3.00. The van der Waals surface area contributed by atoms with Crippen molar-refractivity contribution in [2.24, 2.45) is 0 Å². The summed E-state index contributed by atoms with van der Waals surface area (Å²) in [5.41, 5.74) is 2.80. The van der Waals surface area contributed by atoms with E-state index in [0.717, 1.165) is 5.56 Å². The minimum Gasteiger partial charge on any atom is -0.392 e. The van der Waals surface area contributed by atoms with Crippen molar-refractivity contribution in [3.05, 3.63) is 75.7 Å². The molecular weight excluding hydrogens is 371 g/mol. The molecule has 2 aromatic carbocycles. The van der Waals surface area contributed by atoms with E-state index in [4.69, 9.17) is 11.6 Å². The lowest BCUT2D eigenvalue weighted by Crippen LogP contribution is -2.32. The number of anilines is 1. The smallest absolute Gasteiger partial charge is 0.253 e. The van der Waals surface area contributed by atoms with E-state index in [1.54, 1.807) is 31.2 Å². The Morgan fingerprint density at radius 3 is 2.70 bits per heavy atom.